The van der Waals surface area contributed by atoms with Crippen LogP contribution in [0.5, 0.6) is 0 Å². The number of alkyl halides is 5. The Bertz CT molecular complexity index is 386. The van der Waals surface area contributed by atoms with Gasteiger partial charge in [-0.1, -0.05) is 13.8 Å². The predicted octanol–water partition coefficient (Wildman–Crippen LogP) is 3.68. The zero-order valence-electron chi connectivity index (χ0n) is 9.65. The molecule has 0 N–H and O–H groups in total. The molecule has 0 aromatic carbocycles. The number of aromatic nitrogens is 2. The second-order valence-corrected chi connectivity index (χ2v) is 4.33. The van der Waals surface area contributed by atoms with Crippen LogP contribution in [0.25, 0.3) is 0 Å². The lowest BCUT2D eigenvalue weighted by atomic mass is 10.1. The molecule has 0 fully saturated rings. The molecule has 0 radical (unpaired) electrons. The van der Waals surface area contributed by atoms with Crippen LogP contribution in [-0.4, -0.2) is 15.7 Å². The molecule has 0 amide bonds. The minimum atomic E-state index is -4.68. The van der Waals surface area contributed by atoms with Gasteiger partial charge in [-0.3, -0.25) is 4.68 Å². The van der Waals surface area contributed by atoms with E-state index in [1.165, 1.54) is 0 Å². The van der Waals surface area contributed by atoms with Crippen molar-refractivity contribution in [3.63, 3.8) is 0 Å². The fraction of sp³-hybridized carbons (Fsp3) is 0.700. The maximum Gasteiger partial charge on any atom is 0.433 e. The van der Waals surface area contributed by atoms with Crippen molar-refractivity contribution in [3.05, 3.63) is 17.5 Å². The van der Waals surface area contributed by atoms with Gasteiger partial charge < -0.3 is 0 Å². The normalized spacial score (nSPS) is 13.5. The highest BCUT2D eigenvalue weighted by atomic mass is 19.4. The largest absolute Gasteiger partial charge is 0.433 e. The molecule has 0 saturated heterocycles. The Morgan fingerprint density at radius 3 is 2.12 bits per heavy atom. The van der Waals surface area contributed by atoms with E-state index < -0.39 is 24.3 Å². The van der Waals surface area contributed by atoms with E-state index in [1.807, 2.05) is 0 Å². The lowest BCUT2D eigenvalue weighted by Crippen LogP contribution is -2.24. The van der Waals surface area contributed by atoms with Crippen LogP contribution in [0.15, 0.2) is 6.07 Å². The van der Waals surface area contributed by atoms with Crippen molar-refractivity contribution >= 4 is 0 Å². The fourth-order valence-corrected chi connectivity index (χ4v) is 1.33. The fourth-order valence-electron chi connectivity index (χ4n) is 1.33. The Morgan fingerprint density at radius 2 is 1.76 bits per heavy atom. The van der Waals surface area contributed by atoms with Gasteiger partial charge in [-0.25, -0.2) is 8.78 Å². The van der Waals surface area contributed by atoms with Gasteiger partial charge in [-0.2, -0.15) is 18.3 Å². The topological polar surface area (TPSA) is 17.8 Å². The van der Waals surface area contributed by atoms with E-state index in [0.29, 0.717) is 11.6 Å². The highest BCUT2D eigenvalue weighted by Gasteiger charge is 2.38. The van der Waals surface area contributed by atoms with E-state index in [-0.39, 0.29) is 11.6 Å². The van der Waals surface area contributed by atoms with Crippen LogP contribution in [-0.2, 0) is 12.7 Å². The summed E-state index contributed by atoms with van der Waals surface area (Å²) in [5.41, 5.74) is -0.982. The first-order chi connectivity index (χ1) is 7.50. The molecule has 17 heavy (non-hydrogen) atoms. The zero-order valence-corrected chi connectivity index (χ0v) is 9.65. The molecule has 0 atom stereocenters. The molecule has 98 valence electrons. The first-order valence-corrected chi connectivity index (χ1v) is 5.03. The third-order valence-electron chi connectivity index (χ3n) is 2.11. The van der Waals surface area contributed by atoms with E-state index >= 15 is 0 Å². The minimum Gasteiger partial charge on any atom is -0.254 e. The van der Waals surface area contributed by atoms with E-state index in [9.17, 15) is 22.0 Å². The number of hydrogen-bond acceptors (Lipinski definition) is 1. The summed E-state index contributed by atoms with van der Waals surface area (Å²) in [6, 6.07) is 0.816. The third kappa shape index (κ3) is 3.67. The molecule has 1 aromatic rings. The molecular formula is C10H13F5N2. The molecule has 0 aliphatic rings. The van der Waals surface area contributed by atoms with Crippen molar-refractivity contribution in [2.45, 2.75) is 45.3 Å². The Balaban J connectivity index is 3.18. The second kappa shape index (κ2) is 4.27. The summed E-state index contributed by atoms with van der Waals surface area (Å²) in [5, 5.41) is 3.58. The average molecular weight is 256 g/mol. The summed E-state index contributed by atoms with van der Waals surface area (Å²) in [4.78, 5) is 0. The monoisotopic (exact) mass is 256 g/mol. The SMILES string of the molecule is CC(C)c1cc(C(F)(F)F)n(CC(C)(F)F)n1. The lowest BCUT2D eigenvalue weighted by Gasteiger charge is -2.14. The molecule has 0 saturated carbocycles. The highest BCUT2D eigenvalue weighted by molar-refractivity contribution is 5.16. The highest BCUT2D eigenvalue weighted by Crippen LogP contribution is 2.32. The number of hydrogen-bond donors (Lipinski definition) is 0. The summed E-state index contributed by atoms with van der Waals surface area (Å²) in [7, 11) is 0. The van der Waals surface area contributed by atoms with Crippen LogP contribution in [0, 0.1) is 0 Å². The Labute approximate surface area is 95.4 Å². The standard InChI is InChI=1S/C10H13F5N2/c1-6(2)7-4-8(10(13,14)15)17(16-7)5-9(3,11)12/h4,6H,5H2,1-3H3. The van der Waals surface area contributed by atoms with Gasteiger partial charge in [0.15, 0.2) is 0 Å². The molecule has 1 rings (SSSR count). The van der Waals surface area contributed by atoms with E-state index in [1.54, 1.807) is 13.8 Å². The molecule has 0 aliphatic carbocycles. The molecule has 2 nitrogen and oxygen atoms in total. The van der Waals surface area contributed by atoms with Gasteiger partial charge in [0.1, 0.15) is 12.2 Å². The van der Waals surface area contributed by atoms with E-state index in [4.69, 9.17) is 0 Å². The molecule has 1 heterocycles. The van der Waals surface area contributed by atoms with Crippen molar-refractivity contribution in [2.24, 2.45) is 0 Å². The molecule has 1 aromatic heterocycles. The van der Waals surface area contributed by atoms with Gasteiger partial charge in [0, 0.05) is 6.92 Å². The first kappa shape index (κ1) is 13.9. The molecule has 0 bridgehead atoms. The quantitative estimate of drug-likeness (QED) is 0.754. The first-order valence-electron chi connectivity index (χ1n) is 5.03. The summed E-state index contributed by atoms with van der Waals surface area (Å²) in [5.74, 6) is -3.48. The van der Waals surface area contributed by atoms with Crippen molar-refractivity contribution in [2.75, 3.05) is 0 Å². The van der Waals surface area contributed by atoms with Crippen LogP contribution in [0.2, 0.25) is 0 Å². The number of halogens is 5. The van der Waals surface area contributed by atoms with Crippen molar-refractivity contribution < 1.29 is 22.0 Å². The third-order valence-corrected chi connectivity index (χ3v) is 2.11. The van der Waals surface area contributed by atoms with Gasteiger partial charge in [0.25, 0.3) is 5.92 Å². The van der Waals surface area contributed by atoms with Crippen LogP contribution >= 0.6 is 0 Å². The molecular weight excluding hydrogens is 243 g/mol. The smallest absolute Gasteiger partial charge is 0.254 e. The average Bonchev–Trinajstić information content (AvgIpc) is 2.43. The number of nitrogens with zero attached hydrogens (tertiary/aromatic N) is 2. The summed E-state index contributed by atoms with van der Waals surface area (Å²) < 4.78 is 63.6. The van der Waals surface area contributed by atoms with E-state index in [2.05, 4.69) is 5.10 Å². The van der Waals surface area contributed by atoms with Gasteiger partial charge in [-0.15, -0.1) is 0 Å². The molecule has 0 unspecified atom stereocenters. The van der Waals surface area contributed by atoms with E-state index in [0.717, 1.165) is 6.07 Å². The van der Waals surface area contributed by atoms with Gasteiger partial charge in [0.2, 0.25) is 0 Å². The molecule has 7 heteroatoms. The Hall–Kier alpha value is -1.14. The lowest BCUT2D eigenvalue weighted by molar-refractivity contribution is -0.146. The minimum absolute atomic E-state index is 0.154. The summed E-state index contributed by atoms with van der Waals surface area (Å²) in [6.45, 7) is 2.78. The summed E-state index contributed by atoms with van der Waals surface area (Å²) in [6.07, 6.45) is -4.68. The second-order valence-electron chi connectivity index (χ2n) is 4.33. The van der Waals surface area contributed by atoms with Crippen molar-refractivity contribution in [1.82, 2.24) is 9.78 Å². The maximum atomic E-state index is 12.8. The van der Waals surface area contributed by atoms with Crippen LogP contribution in [0.3, 0.4) is 0 Å². The number of rotatable bonds is 3. The van der Waals surface area contributed by atoms with Crippen LogP contribution in [0.1, 0.15) is 38.1 Å². The van der Waals surface area contributed by atoms with Crippen molar-refractivity contribution in [3.8, 4) is 0 Å². The zero-order chi connectivity index (χ0) is 13.4. The van der Waals surface area contributed by atoms with Crippen LogP contribution < -0.4 is 0 Å². The van der Waals surface area contributed by atoms with Gasteiger partial charge in [0.05, 0.1) is 5.69 Å². The van der Waals surface area contributed by atoms with Gasteiger partial charge >= 0.3 is 6.18 Å². The maximum absolute atomic E-state index is 12.8. The van der Waals surface area contributed by atoms with Crippen molar-refractivity contribution in [1.29, 1.82) is 0 Å². The molecule has 0 spiro atoms. The molecule has 0 aliphatic heterocycles. The summed E-state index contributed by atoms with van der Waals surface area (Å²) >= 11 is 0. The Kier molecular flexibility index (Phi) is 3.50. The van der Waals surface area contributed by atoms with Gasteiger partial charge in [-0.05, 0) is 12.0 Å². The predicted molar refractivity (Wildman–Crippen MR) is 51.9 cm³/mol. The van der Waals surface area contributed by atoms with Crippen LogP contribution in [0.4, 0.5) is 22.0 Å². The Morgan fingerprint density at radius 1 is 1.24 bits per heavy atom.